The minimum atomic E-state index is 0.171. The van der Waals surface area contributed by atoms with Crippen molar-refractivity contribution in [2.45, 2.75) is 31.7 Å². The van der Waals surface area contributed by atoms with E-state index in [1.165, 1.54) is 25.7 Å². The molecule has 0 atom stereocenters. The first-order valence-electron chi connectivity index (χ1n) is 6.97. The van der Waals surface area contributed by atoms with Crippen molar-refractivity contribution in [1.82, 2.24) is 4.90 Å². The summed E-state index contributed by atoms with van der Waals surface area (Å²) in [5.74, 6) is 0.937. The minimum Gasteiger partial charge on any atom is -0.336 e. The van der Waals surface area contributed by atoms with Crippen molar-refractivity contribution < 1.29 is 4.79 Å². The summed E-state index contributed by atoms with van der Waals surface area (Å²) in [6.07, 6.45) is 8.59. The minimum absolute atomic E-state index is 0.171. The van der Waals surface area contributed by atoms with Gasteiger partial charge in [-0.1, -0.05) is 34.1 Å². The van der Waals surface area contributed by atoms with Crippen molar-refractivity contribution in [2.75, 3.05) is 6.54 Å². The number of carbonyl (C=O) groups excluding carboxylic acids is 1. The van der Waals surface area contributed by atoms with Crippen LogP contribution in [-0.2, 0) is 4.79 Å². The lowest BCUT2D eigenvalue weighted by Gasteiger charge is -2.20. The van der Waals surface area contributed by atoms with E-state index in [1.54, 1.807) is 6.08 Å². The fourth-order valence-corrected chi connectivity index (χ4v) is 2.67. The molecule has 2 aliphatic carbocycles. The van der Waals surface area contributed by atoms with Gasteiger partial charge in [-0.25, -0.2) is 0 Å². The molecular formula is C16H18BrNO. The van der Waals surface area contributed by atoms with Crippen LogP contribution < -0.4 is 0 Å². The first kappa shape index (κ1) is 12.9. The van der Waals surface area contributed by atoms with Gasteiger partial charge in [0, 0.05) is 23.1 Å². The molecule has 0 spiro atoms. The molecule has 0 bridgehead atoms. The van der Waals surface area contributed by atoms with Crippen LogP contribution in [-0.4, -0.2) is 23.4 Å². The molecule has 100 valence electrons. The standard InChI is InChI=1S/C16H18BrNO/c17-15-4-2-1-3-13(15)7-10-16(19)18(14-8-9-14)11-12-5-6-12/h1-4,7,10,12,14H,5-6,8-9,11H2/b10-7+. The van der Waals surface area contributed by atoms with E-state index in [2.05, 4.69) is 20.8 Å². The lowest BCUT2D eigenvalue weighted by Crippen LogP contribution is -2.33. The predicted molar refractivity (Wildman–Crippen MR) is 80.6 cm³/mol. The third kappa shape index (κ3) is 3.47. The fourth-order valence-electron chi connectivity index (χ4n) is 2.25. The van der Waals surface area contributed by atoms with Gasteiger partial charge < -0.3 is 4.90 Å². The molecular weight excluding hydrogens is 302 g/mol. The Hall–Kier alpha value is -1.09. The summed E-state index contributed by atoms with van der Waals surface area (Å²) in [4.78, 5) is 14.4. The highest BCUT2D eigenvalue weighted by atomic mass is 79.9. The van der Waals surface area contributed by atoms with Gasteiger partial charge in [-0.3, -0.25) is 4.79 Å². The van der Waals surface area contributed by atoms with Crippen LogP contribution in [0.3, 0.4) is 0 Å². The lowest BCUT2D eigenvalue weighted by atomic mass is 10.2. The maximum atomic E-state index is 12.3. The third-order valence-electron chi connectivity index (χ3n) is 3.73. The van der Waals surface area contributed by atoms with Gasteiger partial charge in [0.05, 0.1) is 0 Å². The summed E-state index contributed by atoms with van der Waals surface area (Å²) in [7, 11) is 0. The highest BCUT2D eigenvalue weighted by Crippen LogP contribution is 2.35. The molecule has 2 saturated carbocycles. The maximum Gasteiger partial charge on any atom is 0.246 e. The summed E-state index contributed by atoms with van der Waals surface area (Å²) >= 11 is 3.50. The van der Waals surface area contributed by atoms with Crippen LogP contribution in [0.4, 0.5) is 0 Å². The summed E-state index contributed by atoms with van der Waals surface area (Å²) in [6, 6.07) is 8.48. The van der Waals surface area contributed by atoms with Gasteiger partial charge in [0.25, 0.3) is 0 Å². The molecule has 0 unspecified atom stereocenters. The van der Waals surface area contributed by atoms with Gasteiger partial charge in [-0.05, 0) is 49.3 Å². The van der Waals surface area contributed by atoms with Crippen molar-refractivity contribution in [3.05, 3.63) is 40.4 Å². The molecule has 1 amide bonds. The molecule has 0 N–H and O–H groups in total. The van der Waals surface area contributed by atoms with Crippen LogP contribution in [0.5, 0.6) is 0 Å². The van der Waals surface area contributed by atoms with Gasteiger partial charge in [0.1, 0.15) is 0 Å². The quantitative estimate of drug-likeness (QED) is 0.754. The largest absolute Gasteiger partial charge is 0.336 e. The number of amides is 1. The van der Waals surface area contributed by atoms with Crippen molar-refractivity contribution in [2.24, 2.45) is 5.92 Å². The molecule has 0 aliphatic heterocycles. The second-order valence-corrected chi connectivity index (χ2v) is 6.37. The molecule has 2 nitrogen and oxygen atoms in total. The van der Waals surface area contributed by atoms with Crippen molar-refractivity contribution >= 4 is 27.9 Å². The zero-order valence-electron chi connectivity index (χ0n) is 10.9. The van der Waals surface area contributed by atoms with Crippen LogP contribution in [0, 0.1) is 5.92 Å². The van der Waals surface area contributed by atoms with Gasteiger partial charge in [0.15, 0.2) is 0 Å². The Morgan fingerprint density at radius 2 is 2.00 bits per heavy atom. The Morgan fingerprint density at radius 3 is 2.63 bits per heavy atom. The van der Waals surface area contributed by atoms with Crippen LogP contribution in [0.25, 0.3) is 6.08 Å². The van der Waals surface area contributed by atoms with Gasteiger partial charge >= 0.3 is 0 Å². The first-order chi connectivity index (χ1) is 9.24. The summed E-state index contributed by atoms with van der Waals surface area (Å²) in [5, 5.41) is 0. The van der Waals surface area contributed by atoms with E-state index in [-0.39, 0.29) is 5.91 Å². The zero-order valence-corrected chi connectivity index (χ0v) is 12.5. The topological polar surface area (TPSA) is 20.3 Å². The second-order valence-electron chi connectivity index (χ2n) is 5.52. The van der Waals surface area contributed by atoms with Gasteiger partial charge in [-0.2, -0.15) is 0 Å². The van der Waals surface area contributed by atoms with Crippen LogP contribution in [0.1, 0.15) is 31.2 Å². The first-order valence-corrected chi connectivity index (χ1v) is 7.76. The molecule has 1 aromatic carbocycles. The molecule has 2 fully saturated rings. The Labute approximate surface area is 122 Å². The van der Waals surface area contributed by atoms with Gasteiger partial charge in [0.2, 0.25) is 5.91 Å². The number of hydrogen-bond donors (Lipinski definition) is 0. The van der Waals surface area contributed by atoms with E-state index >= 15 is 0 Å². The molecule has 0 radical (unpaired) electrons. The number of nitrogens with zero attached hydrogens (tertiary/aromatic N) is 1. The van der Waals surface area contributed by atoms with E-state index < -0.39 is 0 Å². The monoisotopic (exact) mass is 319 g/mol. The second kappa shape index (κ2) is 5.49. The number of hydrogen-bond acceptors (Lipinski definition) is 1. The Kier molecular flexibility index (Phi) is 3.74. The average molecular weight is 320 g/mol. The van der Waals surface area contributed by atoms with E-state index in [1.807, 2.05) is 30.3 Å². The fraction of sp³-hybridized carbons (Fsp3) is 0.438. The van der Waals surface area contributed by atoms with Crippen molar-refractivity contribution in [3.63, 3.8) is 0 Å². The average Bonchev–Trinajstić information content (AvgIpc) is 3.27. The third-order valence-corrected chi connectivity index (χ3v) is 4.46. The molecule has 1 aromatic rings. The molecule has 0 aromatic heterocycles. The van der Waals surface area contributed by atoms with Crippen LogP contribution in [0.2, 0.25) is 0 Å². The van der Waals surface area contributed by atoms with Crippen LogP contribution >= 0.6 is 15.9 Å². The Balaban J connectivity index is 1.67. The normalized spacial score (nSPS) is 18.8. The van der Waals surface area contributed by atoms with Crippen molar-refractivity contribution in [3.8, 4) is 0 Å². The molecule has 19 heavy (non-hydrogen) atoms. The smallest absolute Gasteiger partial charge is 0.246 e. The number of carbonyl (C=O) groups is 1. The van der Waals surface area contributed by atoms with Gasteiger partial charge in [-0.15, -0.1) is 0 Å². The summed E-state index contributed by atoms with van der Waals surface area (Å²) < 4.78 is 1.03. The van der Waals surface area contributed by atoms with E-state index in [0.717, 1.165) is 22.5 Å². The van der Waals surface area contributed by atoms with Crippen molar-refractivity contribution in [1.29, 1.82) is 0 Å². The van der Waals surface area contributed by atoms with E-state index in [0.29, 0.717) is 6.04 Å². The number of benzene rings is 1. The molecule has 0 heterocycles. The number of rotatable bonds is 5. The SMILES string of the molecule is O=C(/C=C/c1ccccc1Br)N(CC1CC1)C1CC1. The highest BCUT2D eigenvalue weighted by Gasteiger charge is 2.35. The predicted octanol–water partition coefficient (Wildman–Crippen LogP) is 3.86. The molecule has 2 aliphatic rings. The maximum absolute atomic E-state index is 12.3. The number of halogens is 1. The molecule has 3 rings (SSSR count). The lowest BCUT2D eigenvalue weighted by molar-refractivity contribution is -0.126. The van der Waals surface area contributed by atoms with E-state index in [9.17, 15) is 4.79 Å². The van der Waals surface area contributed by atoms with E-state index in [4.69, 9.17) is 0 Å². The zero-order chi connectivity index (χ0) is 13.2. The Morgan fingerprint density at radius 1 is 1.26 bits per heavy atom. The summed E-state index contributed by atoms with van der Waals surface area (Å²) in [5.41, 5.74) is 1.05. The Bertz CT molecular complexity index is 503. The summed E-state index contributed by atoms with van der Waals surface area (Å²) in [6.45, 7) is 0.962. The highest BCUT2D eigenvalue weighted by molar-refractivity contribution is 9.10. The molecule has 0 saturated heterocycles. The van der Waals surface area contributed by atoms with Crippen LogP contribution in [0.15, 0.2) is 34.8 Å². The molecule has 3 heteroatoms.